The SMILES string of the molecule is COc1cc(O)ccc1-c1cc2c(n1-c1nc(C(=O)O)cs1)CCC(C(F)(F)F)C2. The highest BCUT2D eigenvalue weighted by Gasteiger charge is 2.42. The largest absolute Gasteiger partial charge is 0.508 e. The van der Waals surface area contributed by atoms with E-state index in [0.29, 0.717) is 33.4 Å². The number of phenols is 1. The number of ether oxygens (including phenoxy) is 1. The van der Waals surface area contributed by atoms with E-state index < -0.39 is 18.1 Å². The van der Waals surface area contributed by atoms with Crippen LogP contribution in [0.25, 0.3) is 16.4 Å². The Morgan fingerprint density at radius 3 is 2.73 bits per heavy atom. The Morgan fingerprint density at radius 2 is 2.10 bits per heavy atom. The number of hydrogen-bond donors (Lipinski definition) is 2. The third-order valence-electron chi connectivity index (χ3n) is 5.21. The normalized spacial score (nSPS) is 16.3. The van der Waals surface area contributed by atoms with Gasteiger partial charge in [-0.15, -0.1) is 11.3 Å². The van der Waals surface area contributed by atoms with E-state index in [2.05, 4.69) is 4.98 Å². The maximum absolute atomic E-state index is 13.3. The molecule has 6 nitrogen and oxygen atoms in total. The van der Waals surface area contributed by atoms with Crippen LogP contribution in [0.5, 0.6) is 11.5 Å². The molecule has 4 rings (SSSR count). The quantitative estimate of drug-likeness (QED) is 0.618. The summed E-state index contributed by atoms with van der Waals surface area (Å²) in [5.41, 5.74) is 2.17. The van der Waals surface area contributed by atoms with Gasteiger partial charge in [-0.1, -0.05) is 0 Å². The maximum Gasteiger partial charge on any atom is 0.392 e. The molecule has 10 heteroatoms. The van der Waals surface area contributed by atoms with Crippen molar-refractivity contribution < 1.29 is 32.9 Å². The molecule has 0 fully saturated rings. The van der Waals surface area contributed by atoms with Gasteiger partial charge in [-0.05, 0) is 43.0 Å². The van der Waals surface area contributed by atoms with Gasteiger partial charge in [-0.2, -0.15) is 13.2 Å². The molecule has 0 spiro atoms. The second-order valence-electron chi connectivity index (χ2n) is 7.02. The van der Waals surface area contributed by atoms with Crippen molar-refractivity contribution in [3.8, 4) is 27.9 Å². The second kappa shape index (κ2) is 7.35. The molecule has 1 aliphatic rings. The first-order valence-corrected chi connectivity index (χ1v) is 9.93. The molecule has 30 heavy (non-hydrogen) atoms. The fourth-order valence-corrected chi connectivity index (χ4v) is 4.62. The number of alkyl halides is 3. The Hall–Kier alpha value is -3.01. The summed E-state index contributed by atoms with van der Waals surface area (Å²) in [4.78, 5) is 15.4. The number of carboxylic acids is 1. The van der Waals surface area contributed by atoms with Crippen molar-refractivity contribution in [3.63, 3.8) is 0 Å². The fourth-order valence-electron chi connectivity index (χ4n) is 3.78. The number of aromatic nitrogens is 2. The molecule has 0 radical (unpaired) electrons. The number of fused-ring (bicyclic) bond motifs is 1. The summed E-state index contributed by atoms with van der Waals surface area (Å²) in [5.74, 6) is -2.28. The molecule has 158 valence electrons. The minimum Gasteiger partial charge on any atom is -0.508 e. The van der Waals surface area contributed by atoms with Crippen LogP contribution in [-0.4, -0.2) is 39.0 Å². The number of rotatable bonds is 4. The number of nitrogens with zero attached hydrogens (tertiary/aromatic N) is 2. The van der Waals surface area contributed by atoms with E-state index in [1.807, 2.05) is 0 Å². The van der Waals surface area contributed by atoms with Crippen molar-refractivity contribution in [2.45, 2.75) is 25.4 Å². The number of hydrogen-bond acceptors (Lipinski definition) is 5. The molecule has 1 aromatic carbocycles. The summed E-state index contributed by atoms with van der Waals surface area (Å²) in [6.45, 7) is 0. The molecular formula is C20H17F3N2O4S. The lowest BCUT2D eigenvalue weighted by molar-refractivity contribution is -0.177. The lowest BCUT2D eigenvalue weighted by Crippen LogP contribution is -2.29. The summed E-state index contributed by atoms with van der Waals surface area (Å²) in [6.07, 6.45) is -4.31. The maximum atomic E-state index is 13.3. The standard InChI is InChI=1S/C20H17F3N2O4S/c1-29-17-8-12(26)3-4-13(17)16-7-10-6-11(20(21,22)23)2-5-15(10)25(16)19-24-14(9-30-19)18(27)28/h3-4,7-9,11,26H,2,5-6H2,1H3,(H,27,28). The summed E-state index contributed by atoms with van der Waals surface area (Å²) in [7, 11) is 1.43. The number of benzene rings is 1. The zero-order chi connectivity index (χ0) is 21.6. The predicted octanol–water partition coefficient (Wildman–Crippen LogP) is 4.68. The number of methoxy groups -OCH3 is 1. The summed E-state index contributed by atoms with van der Waals surface area (Å²) >= 11 is 1.10. The van der Waals surface area contributed by atoms with Crippen LogP contribution < -0.4 is 4.74 Å². The van der Waals surface area contributed by atoms with Crippen molar-refractivity contribution in [2.24, 2.45) is 5.92 Å². The topological polar surface area (TPSA) is 84.6 Å². The zero-order valence-corrected chi connectivity index (χ0v) is 16.5. The van der Waals surface area contributed by atoms with Crippen LogP contribution >= 0.6 is 11.3 Å². The van der Waals surface area contributed by atoms with Crippen LogP contribution in [0.3, 0.4) is 0 Å². The lowest BCUT2D eigenvalue weighted by atomic mass is 9.87. The molecule has 1 aliphatic carbocycles. The number of halogens is 3. The molecule has 0 aliphatic heterocycles. The second-order valence-corrected chi connectivity index (χ2v) is 7.86. The minimum absolute atomic E-state index is 0.0157. The van der Waals surface area contributed by atoms with E-state index in [-0.39, 0.29) is 30.7 Å². The molecule has 1 atom stereocenters. The molecule has 3 aromatic rings. The van der Waals surface area contributed by atoms with E-state index in [1.54, 1.807) is 16.7 Å². The number of phenolic OH excluding ortho intramolecular Hbond substituents is 1. The van der Waals surface area contributed by atoms with Crippen molar-refractivity contribution >= 4 is 17.3 Å². The molecule has 0 saturated heterocycles. The Kier molecular flexibility index (Phi) is 4.97. The van der Waals surface area contributed by atoms with Crippen molar-refractivity contribution in [1.82, 2.24) is 9.55 Å². The molecule has 2 heterocycles. The van der Waals surface area contributed by atoms with Crippen LogP contribution in [0.4, 0.5) is 13.2 Å². The van der Waals surface area contributed by atoms with Crippen molar-refractivity contribution in [2.75, 3.05) is 7.11 Å². The van der Waals surface area contributed by atoms with E-state index in [1.165, 1.54) is 24.6 Å². The lowest BCUT2D eigenvalue weighted by Gasteiger charge is -2.25. The van der Waals surface area contributed by atoms with Gasteiger partial charge in [0.05, 0.1) is 18.7 Å². The van der Waals surface area contributed by atoms with E-state index in [9.17, 15) is 28.2 Å². The smallest absolute Gasteiger partial charge is 0.392 e. The fraction of sp³-hybridized carbons (Fsp3) is 0.300. The Morgan fingerprint density at radius 1 is 1.33 bits per heavy atom. The first-order valence-electron chi connectivity index (χ1n) is 9.05. The first kappa shape index (κ1) is 20.3. The van der Waals surface area contributed by atoms with Crippen molar-refractivity contribution in [3.05, 3.63) is 46.6 Å². The average molecular weight is 438 g/mol. The van der Waals surface area contributed by atoms with Gasteiger partial charge in [-0.3, -0.25) is 4.57 Å². The van der Waals surface area contributed by atoms with Gasteiger partial charge in [0.2, 0.25) is 0 Å². The van der Waals surface area contributed by atoms with Gasteiger partial charge in [0.1, 0.15) is 11.5 Å². The predicted molar refractivity (Wildman–Crippen MR) is 104 cm³/mol. The van der Waals surface area contributed by atoms with E-state index in [4.69, 9.17) is 4.74 Å². The molecular weight excluding hydrogens is 421 g/mol. The third-order valence-corrected chi connectivity index (χ3v) is 6.04. The Labute approximate surface area is 173 Å². The van der Waals surface area contributed by atoms with Gasteiger partial charge in [0.25, 0.3) is 0 Å². The summed E-state index contributed by atoms with van der Waals surface area (Å²) in [5, 5.41) is 20.7. The van der Waals surface area contributed by atoms with Gasteiger partial charge in [0, 0.05) is 22.7 Å². The van der Waals surface area contributed by atoms with Gasteiger partial charge in [0.15, 0.2) is 10.8 Å². The van der Waals surface area contributed by atoms with Gasteiger partial charge in [-0.25, -0.2) is 9.78 Å². The number of thiazole rings is 1. The van der Waals surface area contributed by atoms with Crippen LogP contribution in [-0.2, 0) is 12.8 Å². The molecule has 0 saturated carbocycles. The molecule has 2 N–H and O–H groups in total. The van der Waals surface area contributed by atoms with Gasteiger partial charge >= 0.3 is 12.1 Å². The molecule has 1 unspecified atom stereocenters. The van der Waals surface area contributed by atoms with Crippen LogP contribution in [0.1, 0.15) is 28.2 Å². The van der Waals surface area contributed by atoms with Gasteiger partial charge < -0.3 is 14.9 Å². The monoisotopic (exact) mass is 438 g/mol. The Balaban J connectivity index is 1.91. The summed E-state index contributed by atoms with van der Waals surface area (Å²) in [6, 6.07) is 6.15. The van der Waals surface area contributed by atoms with E-state index in [0.717, 1.165) is 11.3 Å². The molecule has 0 bridgehead atoms. The average Bonchev–Trinajstić information content (AvgIpc) is 3.31. The summed E-state index contributed by atoms with van der Waals surface area (Å²) < 4.78 is 47.0. The van der Waals surface area contributed by atoms with Crippen LogP contribution in [0.15, 0.2) is 29.6 Å². The molecule has 2 aromatic heterocycles. The number of aromatic hydroxyl groups is 1. The number of aromatic carboxylic acids is 1. The van der Waals surface area contributed by atoms with Crippen LogP contribution in [0, 0.1) is 5.92 Å². The third kappa shape index (κ3) is 3.51. The zero-order valence-electron chi connectivity index (χ0n) is 15.7. The van der Waals surface area contributed by atoms with Crippen LogP contribution in [0.2, 0.25) is 0 Å². The minimum atomic E-state index is -4.28. The highest BCUT2D eigenvalue weighted by atomic mass is 32.1. The molecule has 0 amide bonds. The first-order chi connectivity index (χ1) is 14.2. The highest BCUT2D eigenvalue weighted by molar-refractivity contribution is 7.12. The van der Waals surface area contributed by atoms with E-state index >= 15 is 0 Å². The van der Waals surface area contributed by atoms with Crippen molar-refractivity contribution in [1.29, 1.82) is 0 Å². The highest BCUT2D eigenvalue weighted by Crippen LogP contribution is 2.43. The number of carbonyl (C=O) groups is 1. The number of carboxylic acid groups (broad SMARTS) is 1. The Bertz CT molecular complexity index is 1120.